The third kappa shape index (κ3) is 4.39. The zero-order valence-electron chi connectivity index (χ0n) is 11.3. The highest BCUT2D eigenvalue weighted by molar-refractivity contribution is 5.94. The van der Waals surface area contributed by atoms with Gasteiger partial charge in [-0.1, -0.05) is 6.07 Å². The summed E-state index contributed by atoms with van der Waals surface area (Å²) in [5, 5.41) is 11.1. The number of benzene rings is 1. The van der Waals surface area contributed by atoms with Gasteiger partial charge in [0.2, 0.25) is 0 Å². The second-order valence-corrected chi connectivity index (χ2v) is 4.76. The van der Waals surface area contributed by atoms with Crippen LogP contribution in [0, 0.1) is 5.82 Å². The van der Waals surface area contributed by atoms with Crippen molar-refractivity contribution in [2.45, 2.75) is 18.9 Å². The Bertz CT molecular complexity index is 565. The first kappa shape index (κ1) is 15.2. The van der Waals surface area contributed by atoms with E-state index in [1.807, 2.05) is 0 Å². The highest BCUT2D eigenvalue weighted by Crippen LogP contribution is 2.13. The Morgan fingerprint density at radius 3 is 2.90 bits per heavy atom. The summed E-state index contributed by atoms with van der Waals surface area (Å²) in [4.78, 5) is 22.3. The molecule has 21 heavy (non-hydrogen) atoms. The second kappa shape index (κ2) is 6.99. The lowest BCUT2D eigenvalue weighted by Crippen LogP contribution is -2.32. The summed E-state index contributed by atoms with van der Waals surface area (Å²) in [5.74, 6) is -2.31. The molecule has 1 saturated heterocycles. The van der Waals surface area contributed by atoms with Gasteiger partial charge in [-0.2, -0.15) is 0 Å². The molecule has 1 atom stereocenters. The van der Waals surface area contributed by atoms with Crippen molar-refractivity contribution in [3.63, 3.8) is 0 Å². The van der Waals surface area contributed by atoms with E-state index in [0.29, 0.717) is 18.7 Å². The summed E-state index contributed by atoms with van der Waals surface area (Å²) in [7, 11) is 0. The van der Waals surface area contributed by atoms with Gasteiger partial charge in [-0.15, -0.1) is 0 Å². The first-order valence-electron chi connectivity index (χ1n) is 6.66. The van der Waals surface area contributed by atoms with E-state index in [0.717, 1.165) is 25.0 Å². The molecule has 2 N–H and O–H groups in total. The highest BCUT2D eigenvalue weighted by Gasteiger charge is 2.18. The number of nitrogens with one attached hydrogen (secondary N) is 1. The fourth-order valence-electron chi connectivity index (χ4n) is 2.09. The Labute approximate surface area is 121 Å². The Kier molecular flexibility index (Phi) is 5.05. The molecule has 2 rings (SSSR count). The van der Waals surface area contributed by atoms with Gasteiger partial charge < -0.3 is 15.2 Å². The summed E-state index contributed by atoms with van der Waals surface area (Å²) in [6.45, 7) is 1.05. The summed E-state index contributed by atoms with van der Waals surface area (Å²) in [6, 6.07) is 3.95. The molecule has 6 heteroatoms. The Hall–Kier alpha value is -2.21. The van der Waals surface area contributed by atoms with Gasteiger partial charge in [0.05, 0.1) is 11.7 Å². The van der Waals surface area contributed by atoms with Crippen molar-refractivity contribution in [1.29, 1.82) is 0 Å². The van der Waals surface area contributed by atoms with E-state index in [9.17, 15) is 14.0 Å². The molecule has 0 radical (unpaired) electrons. The zero-order valence-corrected chi connectivity index (χ0v) is 11.3. The molecule has 1 fully saturated rings. The lowest BCUT2D eigenvalue weighted by molar-refractivity contribution is -0.131. The van der Waals surface area contributed by atoms with Crippen molar-refractivity contribution in [3.05, 3.63) is 41.2 Å². The number of aliphatic carboxylic acids is 1. The highest BCUT2D eigenvalue weighted by atomic mass is 19.1. The average molecular weight is 293 g/mol. The minimum Gasteiger partial charge on any atom is -0.478 e. The van der Waals surface area contributed by atoms with E-state index in [-0.39, 0.29) is 11.7 Å². The average Bonchev–Trinajstić information content (AvgIpc) is 2.96. The van der Waals surface area contributed by atoms with Crippen LogP contribution in [-0.2, 0) is 9.53 Å². The van der Waals surface area contributed by atoms with Crippen LogP contribution in [0.5, 0.6) is 0 Å². The van der Waals surface area contributed by atoms with Crippen LogP contribution in [0.3, 0.4) is 0 Å². The summed E-state index contributed by atoms with van der Waals surface area (Å²) in [6.07, 6.45) is 4.03. The maximum Gasteiger partial charge on any atom is 0.328 e. The zero-order chi connectivity index (χ0) is 15.2. The lowest BCUT2D eigenvalue weighted by Gasteiger charge is -2.11. The van der Waals surface area contributed by atoms with E-state index < -0.39 is 17.7 Å². The molecule has 1 heterocycles. The van der Waals surface area contributed by atoms with Gasteiger partial charge >= 0.3 is 5.97 Å². The fraction of sp³-hybridized carbons (Fsp3) is 0.333. The monoisotopic (exact) mass is 293 g/mol. The molecule has 1 aromatic carbocycles. The largest absolute Gasteiger partial charge is 0.478 e. The number of carboxylic acid groups (broad SMARTS) is 1. The predicted molar refractivity (Wildman–Crippen MR) is 74.4 cm³/mol. The molecule has 0 bridgehead atoms. The Balaban J connectivity index is 1.98. The van der Waals surface area contributed by atoms with Gasteiger partial charge in [0.25, 0.3) is 5.91 Å². The minimum atomic E-state index is -1.12. The van der Waals surface area contributed by atoms with Crippen LogP contribution in [-0.4, -0.2) is 36.2 Å². The third-order valence-electron chi connectivity index (χ3n) is 3.17. The molecular weight excluding hydrogens is 277 g/mol. The van der Waals surface area contributed by atoms with Crippen molar-refractivity contribution in [2.24, 2.45) is 0 Å². The van der Waals surface area contributed by atoms with Crippen LogP contribution in [0.4, 0.5) is 4.39 Å². The number of halogens is 1. The molecule has 5 nitrogen and oxygen atoms in total. The summed E-state index contributed by atoms with van der Waals surface area (Å²) in [5.41, 5.74) is 0.311. The molecule has 1 aliphatic heterocycles. The normalized spacial score (nSPS) is 18.0. The maximum absolute atomic E-state index is 13.9. The molecule has 1 aromatic rings. The molecule has 0 aromatic heterocycles. The smallest absolute Gasteiger partial charge is 0.328 e. The van der Waals surface area contributed by atoms with Crippen molar-refractivity contribution in [1.82, 2.24) is 5.32 Å². The van der Waals surface area contributed by atoms with Gasteiger partial charge in [-0.05, 0) is 36.6 Å². The molecule has 0 aliphatic carbocycles. The third-order valence-corrected chi connectivity index (χ3v) is 3.17. The minimum absolute atomic E-state index is 0.00483. The molecular formula is C15H16FNO4. The lowest BCUT2D eigenvalue weighted by atomic mass is 10.1. The van der Waals surface area contributed by atoms with Gasteiger partial charge in [0, 0.05) is 19.2 Å². The van der Waals surface area contributed by atoms with E-state index in [2.05, 4.69) is 5.32 Å². The van der Waals surface area contributed by atoms with Crippen LogP contribution in [0.25, 0.3) is 6.08 Å². The van der Waals surface area contributed by atoms with Crippen LogP contribution in [0.15, 0.2) is 24.3 Å². The quantitative estimate of drug-likeness (QED) is 0.812. The topological polar surface area (TPSA) is 75.6 Å². The van der Waals surface area contributed by atoms with Crippen LogP contribution in [0.1, 0.15) is 28.8 Å². The molecule has 1 amide bonds. The van der Waals surface area contributed by atoms with Crippen molar-refractivity contribution in [2.75, 3.05) is 13.2 Å². The van der Waals surface area contributed by atoms with Gasteiger partial charge in [0.1, 0.15) is 5.82 Å². The first-order valence-corrected chi connectivity index (χ1v) is 6.66. The van der Waals surface area contributed by atoms with Crippen molar-refractivity contribution < 1.29 is 23.8 Å². The second-order valence-electron chi connectivity index (χ2n) is 4.76. The summed E-state index contributed by atoms with van der Waals surface area (Å²) >= 11 is 0. The number of carboxylic acids is 1. The Morgan fingerprint density at radius 1 is 1.48 bits per heavy atom. The van der Waals surface area contributed by atoms with E-state index >= 15 is 0 Å². The number of carbonyl (C=O) groups is 2. The van der Waals surface area contributed by atoms with Gasteiger partial charge in [0.15, 0.2) is 0 Å². The fourth-order valence-corrected chi connectivity index (χ4v) is 2.09. The molecule has 0 spiro atoms. The van der Waals surface area contributed by atoms with Crippen LogP contribution < -0.4 is 5.32 Å². The predicted octanol–water partition coefficient (Wildman–Crippen LogP) is 1.83. The van der Waals surface area contributed by atoms with E-state index in [1.165, 1.54) is 18.2 Å². The summed E-state index contributed by atoms with van der Waals surface area (Å²) < 4.78 is 19.2. The standard InChI is InChI=1S/C15H16FNO4/c16-13-8-10(4-6-14(18)19)3-5-12(13)15(20)17-9-11-2-1-7-21-11/h3-6,8,11H,1-2,7,9H2,(H,17,20)(H,18,19). The molecule has 1 unspecified atom stereocenters. The van der Waals surface area contributed by atoms with Crippen molar-refractivity contribution in [3.8, 4) is 0 Å². The number of amides is 1. The number of carbonyl (C=O) groups excluding carboxylic acids is 1. The number of rotatable bonds is 5. The SMILES string of the molecule is O=C(O)C=Cc1ccc(C(=O)NCC2CCCO2)c(F)c1. The molecule has 1 aliphatic rings. The Morgan fingerprint density at radius 2 is 2.29 bits per heavy atom. The van der Waals surface area contributed by atoms with E-state index in [1.54, 1.807) is 0 Å². The molecule has 112 valence electrons. The van der Waals surface area contributed by atoms with Crippen molar-refractivity contribution >= 4 is 18.0 Å². The van der Waals surface area contributed by atoms with Gasteiger partial charge in [-0.25, -0.2) is 9.18 Å². The van der Waals surface area contributed by atoms with E-state index in [4.69, 9.17) is 9.84 Å². The van der Waals surface area contributed by atoms with Crippen LogP contribution in [0.2, 0.25) is 0 Å². The number of ether oxygens (including phenoxy) is 1. The number of hydrogen-bond donors (Lipinski definition) is 2. The first-order chi connectivity index (χ1) is 10.1. The van der Waals surface area contributed by atoms with Gasteiger partial charge in [-0.3, -0.25) is 4.79 Å². The maximum atomic E-state index is 13.9. The van der Waals surface area contributed by atoms with Crippen LogP contribution >= 0.6 is 0 Å². The number of hydrogen-bond acceptors (Lipinski definition) is 3. The molecule has 0 saturated carbocycles.